The van der Waals surface area contributed by atoms with E-state index in [-0.39, 0.29) is 11.9 Å². The summed E-state index contributed by atoms with van der Waals surface area (Å²) in [4.78, 5) is 12.4. The number of hydrogen-bond acceptors (Lipinski definition) is 2. The molecule has 1 unspecified atom stereocenters. The third kappa shape index (κ3) is 3.10. The number of amides is 1. The number of benzene rings is 1. The van der Waals surface area contributed by atoms with Gasteiger partial charge < -0.3 is 11.1 Å². The summed E-state index contributed by atoms with van der Waals surface area (Å²) in [5.41, 5.74) is 5.91. The first-order valence-corrected chi connectivity index (χ1v) is 6.31. The Labute approximate surface area is 110 Å². The van der Waals surface area contributed by atoms with Crippen molar-refractivity contribution in [1.82, 2.24) is 5.32 Å². The van der Waals surface area contributed by atoms with Crippen LogP contribution in [0.2, 0.25) is 0 Å². The Morgan fingerprint density at radius 3 is 2.11 bits per heavy atom. The predicted molar refractivity (Wildman–Crippen MR) is 75.3 cm³/mol. The molecule has 0 bridgehead atoms. The monoisotopic (exact) mass is 248 g/mol. The van der Waals surface area contributed by atoms with Gasteiger partial charge in [0.2, 0.25) is 5.91 Å². The lowest BCUT2D eigenvalue weighted by Crippen LogP contribution is -2.58. The van der Waals surface area contributed by atoms with E-state index >= 15 is 0 Å². The highest BCUT2D eigenvalue weighted by atomic mass is 16.2. The Morgan fingerprint density at radius 2 is 1.67 bits per heavy atom. The van der Waals surface area contributed by atoms with Crippen molar-refractivity contribution in [2.45, 2.75) is 51.6 Å². The van der Waals surface area contributed by atoms with Gasteiger partial charge in [0, 0.05) is 11.6 Å². The Morgan fingerprint density at radius 1 is 1.17 bits per heavy atom. The molecule has 1 atom stereocenters. The number of carbonyl (C=O) groups is 1. The smallest absolute Gasteiger partial charge is 0.230 e. The molecule has 1 amide bonds. The maximum Gasteiger partial charge on any atom is 0.230 e. The molecular formula is C15H24N2O. The summed E-state index contributed by atoms with van der Waals surface area (Å²) in [6.45, 7) is 9.63. The lowest BCUT2D eigenvalue weighted by molar-refractivity contribution is -0.127. The zero-order chi connectivity index (χ0) is 14.0. The molecule has 0 saturated heterocycles. The average Bonchev–Trinajstić information content (AvgIpc) is 2.29. The van der Waals surface area contributed by atoms with Gasteiger partial charge in [-0.3, -0.25) is 4.79 Å². The number of hydrogen-bond donors (Lipinski definition) is 2. The van der Waals surface area contributed by atoms with Crippen molar-refractivity contribution in [2.24, 2.45) is 5.73 Å². The highest BCUT2D eigenvalue weighted by molar-refractivity contribution is 5.87. The van der Waals surface area contributed by atoms with Gasteiger partial charge in [-0.25, -0.2) is 0 Å². The molecule has 3 heteroatoms. The first kappa shape index (κ1) is 14.7. The fraction of sp³-hybridized carbons (Fsp3) is 0.533. The summed E-state index contributed by atoms with van der Waals surface area (Å²) in [7, 11) is 0. The van der Waals surface area contributed by atoms with Gasteiger partial charge in [-0.1, -0.05) is 30.3 Å². The Hall–Kier alpha value is -1.35. The van der Waals surface area contributed by atoms with Crippen molar-refractivity contribution in [1.29, 1.82) is 0 Å². The maximum atomic E-state index is 12.4. The molecule has 0 heterocycles. The highest BCUT2D eigenvalue weighted by Gasteiger charge is 2.34. The molecule has 0 fully saturated rings. The molecule has 100 valence electrons. The van der Waals surface area contributed by atoms with E-state index in [0.29, 0.717) is 0 Å². The number of carbonyl (C=O) groups excluding carboxylic acids is 1. The normalized spacial score (nSPS) is 14.1. The van der Waals surface area contributed by atoms with Gasteiger partial charge >= 0.3 is 0 Å². The van der Waals surface area contributed by atoms with Crippen molar-refractivity contribution in [3.05, 3.63) is 35.9 Å². The van der Waals surface area contributed by atoms with Crippen LogP contribution in [-0.2, 0) is 10.2 Å². The summed E-state index contributed by atoms with van der Waals surface area (Å²) in [5.74, 6) is -0.00370. The van der Waals surface area contributed by atoms with E-state index in [4.69, 9.17) is 5.73 Å². The third-order valence-electron chi connectivity index (χ3n) is 3.64. The van der Waals surface area contributed by atoms with Gasteiger partial charge in [-0.05, 0) is 40.2 Å². The summed E-state index contributed by atoms with van der Waals surface area (Å²) in [6.07, 6.45) is 0. The fourth-order valence-corrected chi connectivity index (χ4v) is 1.55. The molecule has 1 aromatic carbocycles. The van der Waals surface area contributed by atoms with Gasteiger partial charge in [0.25, 0.3) is 0 Å². The van der Waals surface area contributed by atoms with E-state index in [1.165, 1.54) is 0 Å². The summed E-state index contributed by atoms with van der Waals surface area (Å²) < 4.78 is 0. The topological polar surface area (TPSA) is 55.1 Å². The predicted octanol–water partition coefficient (Wildman–Crippen LogP) is 2.21. The zero-order valence-electron chi connectivity index (χ0n) is 11.9. The molecule has 0 saturated carbocycles. The third-order valence-corrected chi connectivity index (χ3v) is 3.64. The molecule has 0 aromatic heterocycles. The zero-order valence-corrected chi connectivity index (χ0v) is 11.9. The summed E-state index contributed by atoms with van der Waals surface area (Å²) >= 11 is 0. The minimum Gasteiger partial charge on any atom is -0.349 e. The summed E-state index contributed by atoms with van der Waals surface area (Å²) in [5, 5.41) is 3.03. The summed E-state index contributed by atoms with van der Waals surface area (Å²) in [6, 6.07) is 9.68. The number of nitrogens with one attached hydrogen (secondary N) is 1. The SMILES string of the molecule is CC(N)C(C)(C)NC(=O)C(C)(C)c1ccccc1. The second-order valence-electron chi connectivity index (χ2n) is 5.96. The van der Waals surface area contributed by atoms with Gasteiger partial charge in [0.15, 0.2) is 0 Å². The van der Waals surface area contributed by atoms with E-state index in [0.717, 1.165) is 5.56 Å². The van der Waals surface area contributed by atoms with E-state index in [1.54, 1.807) is 0 Å². The fourth-order valence-electron chi connectivity index (χ4n) is 1.55. The van der Waals surface area contributed by atoms with Crippen LogP contribution in [-0.4, -0.2) is 17.5 Å². The molecule has 0 spiro atoms. The lowest BCUT2D eigenvalue weighted by Gasteiger charge is -2.34. The molecule has 3 nitrogen and oxygen atoms in total. The van der Waals surface area contributed by atoms with Gasteiger partial charge in [-0.15, -0.1) is 0 Å². The van der Waals surface area contributed by atoms with E-state index in [2.05, 4.69) is 5.32 Å². The Balaban J connectivity index is 2.91. The van der Waals surface area contributed by atoms with Crippen LogP contribution < -0.4 is 11.1 Å². The highest BCUT2D eigenvalue weighted by Crippen LogP contribution is 2.24. The van der Waals surface area contributed by atoms with Gasteiger partial charge in [0.1, 0.15) is 0 Å². The van der Waals surface area contributed by atoms with Crippen molar-refractivity contribution in [3.63, 3.8) is 0 Å². The van der Waals surface area contributed by atoms with E-state index in [1.807, 2.05) is 65.0 Å². The van der Waals surface area contributed by atoms with Gasteiger partial charge in [0.05, 0.1) is 5.41 Å². The molecule has 1 rings (SSSR count). The van der Waals surface area contributed by atoms with E-state index in [9.17, 15) is 4.79 Å². The minimum absolute atomic E-state index is 0.00370. The van der Waals surface area contributed by atoms with Crippen LogP contribution in [0.25, 0.3) is 0 Å². The first-order chi connectivity index (χ1) is 8.18. The van der Waals surface area contributed by atoms with Crippen molar-refractivity contribution in [2.75, 3.05) is 0 Å². The molecular weight excluding hydrogens is 224 g/mol. The first-order valence-electron chi connectivity index (χ1n) is 6.31. The average molecular weight is 248 g/mol. The molecule has 0 radical (unpaired) electrons. The second-order valence-corrected chi connectivity index (χ2v) is 5.96. The molecule has 3 N–H and O–H groups in total. The standard InChI is InChI=1S/C15H24N2O/c1-11(16)15(4,5)17-13(18)14(2,3)12-9-7-6-8-10-12/h6-11H,16H2,1-5H3,(H,17,18). The molecule has 0 aliphatic heterocycles. The van der Waals surface area contributed by atoms with Crippen molar-refractivity contribution < 1.29 is 4.79 Å². The molecule has 0 aliphatic rings. The van der Waals surface area contributed by atoms with Crippen LogP contribution in [0.15, 0.2) is 30.3 Å². The van der Waals surface area contributed by atoms with Crippen LogP contribution >= 0.6 is 0 Å². The van der Waals surface area contributed by atoms with Crippen LogP contribution in [0, 0.1) is 0 Å². The largest absolute Gasteiger partial charge is 0.349 e. The second kappa shape index (κ2) is 5.11. The van der Waals surface area contributed by atoms with Crippen molar-refractivity contribution >= 4 is 5.91 Å². The van der Waals surface area contributed by atoms with Crippen LogP contribution in [0.4, 0.5) is 0 Å². The number of nitrogens with two attached hydrogens (primary N) is 1. The molecule has 1 aromatic rings. The Bertz CT molecular complexity index is 408. The Kier molecular flexibility index (Phi) is 4.17. The van der Waals surface area contributed by atoms with Crippen LogP contribution in [0.3, 0.4) is 0 Å². The molecule has 0 aliphatic carbocycles. The van der Waals surface area contributed by atoms with Crippen LogP contribution in [0.5, 0.6) is 0 Å². The van der Waals surface area contributed by atoms with Crippen LogP contribution in [0.1, 0.15) is 40.2 Å². The minimum atomic E-state index is -0.562. The lowest BCUT2D eigenvalue weighted by atomic mass is 9.82. The van der Waals surface area contributed by atoms with Crippen molar-refractivity contribution in [3.8, 4) is 0 Å². The number of rotatable bonds is 4. The maximum absolute atomic E-state index is 12.4. The van der Waals surface area contributed by atoms with E-state index < -0.39 is 11.0 Å². The quantitative estimate of drug-likeness (QED) is 0.858. The van der Waals surface area contributed by atoms with Gasteiger partial charge in [-0.2, -0.15) is 0 Å². The molecule has 18 heavy (non-hydrogen) atoms.